The Kier molecular flexibility index (Phi) is 5.19. The first-order chi connectivity index (χ1) is 15.1. The second-order valence-corrected chi connectivity index (χ2v) is 8.81. The van der Waals surface area contributed by atoms with Gasteiger partial charge in [-0.05, 0) is 37.1 Å². The fraction of sp³-hybridized carbons (Fsp3) is 0.364. The summed E-state index contributed by atoms with van der Waals surface area (Å²) < 4.78 is 7.18. The Morgan fingerprint density at radius 3 is 2.81 bits per heavy atom. The molecule has 31 heavy (non-hydrogen) atoms. The molecule has 2 aliphatic rings. The van der Waals surface area contributed by atoms with Crippen molar-refractivity contribution >= 4 is 39.2 Å². The van der Waals surface area contributed by atoms with E-state index in [4.69, 9.17) is 4.74 Å². The van der Waals surface area contributed by atoms with Crippen molar-refractivity contribution in [3.8, 4) is 5.75 Å². The van der Waals surface area contributed by atoms with Crippen LogP contribution >= 0.6 is 11.3 Å². The maximum absolute atomic E-state index is 12.6. The third kappa shape index (κ3) is 3.81. The van der Waals surface area contributed by atoms with Crippen molar-refractivity contribution < 1.29 is 14.3 Å². The number of amides is 2. The number of hydrogen-bond donors (Lipinski definition) is 2. The summed E-state index contributed by atoms with van der Waals surface area (Å²) in [6.45, 7) is 1.29. The molecule has 0 unspecified atom stereocenters. The van der Waals surface area contributed by atoms with Gasteiger partial charge in [-0.25, -0.2) is 9.97 Å². The normalized spacial score (nSPS) is 20.6. The lowest BCUT2D eigenvalue weighted by molar-refractivity contribution is -0.131. The minimum atomic E-state index is -0.163. The number of benzene rings is 1. The summed E-state index contributed by atoms with van der Waals surface area (Å²) in [5.41, 5.74) is 3.25. The largest absolute Gasteiger partial charge is 0.488 e. The molecule has 3 heterocycles. The van der Waals surface area contributed by atoms with Crippen molar-refractivity contribution in [2.45, 2.75) is 25.0 Å². The lowest BCUT2D eigenvalue weighted by atomic mass is 9.81. The Bertz CT molecular complexity index is 1120. The van der Waals surface area contributed by atoms with E-state index < -0.39 is 0 Å². The number of fused-ring (bicyclic) bond motifs is 1. The Morgan fingerprint density at radius 1 is 1.16 bits per heavy atom. The molecule has 0 atom stereocenters. The van der Waals surface area contributed by atoms with Crippen LogP contribution in [0.4, 0.5) is 5.82 Å². The van der Waals surface area contributed by atoms with Gasteiger partial charge in [0.05, 0.1) is 21.8 Å². The molecule has 0 radical (unpaired) electrons. The number of hydrogen-bond acceptors (Lipinski definition) is 7. The SMILES string of the molecule is CNC(=O)c1cccnc1N1CC(NC(=O)C2CC(Oc3cccc4scnc34)C2)C1. The highest BCUT2D eigenvalue weighted by Gasteiger charge is 2.39. The highest BCUT2D eigenvalue weighted by Crippen LogP contribution is 2.35. The van der Waals surface area contributed by atoms with Crippen LogP contribution in [-0.2, 0) is 4.79 Å². The van der Waals surface area contributed by atoms with E-state index in [1.54, 1.807) is 36.7 Å². The predicted octanol–water partition coefficient (Wildman–Crippen LogP) is 2.21. The molecule has 160 valence electrons. The van der Waals surface area contributed by atoms with E-state index in [1.165, 1.54) is 0 Å². The number of ether oxygens (including phenoxy) is 1. The van der Waals surface area contributed by atoms with E-state index in [0.717, 1.165) is 16.0 Å². The number of para-hydroxylation sites is 1. The van der Waals surface area contributed by atoms with E-state index in [1.807, 2.05) is 28.6 Å². The van der Waals surface area contributed by atoms with Crippen molar-refractivity contribution in [1.82, 2.24) is 20.6 Å². The molecule has 2 fully saturated rings. The third-order valence-electron chi connectivity index (χ3n) is 5.87. The van der Waals surface area contributed by atoms with E-state index in [2.05, 4.69) is 20.6 Å². The zero-order valence-electron chi connectivity index (χ0n) is 17.1. The quantitative estimate of drug-likeness (QED) is 0.614. The van der Waals surface area contributed by atoms with Crippen LogP contribution in [0.2, 0.25) is 0 Å². The van der Waals surface area contributed by atoms with Gasteiger partial charge in [-0.2, -0.15) is 0 Å². The second-order valence-electron chi connectivity index (χ2n) is 7.93. The molecule has 3 aromatic rings. The Morgan fingerprint density at radius 2 is 2.00 bits per heavy atom. The van der Waals surface area contributed by atoms with Crippen LogP contribution in [0.25, 0.3) is 10.2 Å². The Hall–Kier alpha value is -3.20. The molecule has 1 aliphatic carbocycles. The lowest BCUT2D eigenvalue weighted by Gasteiger charge is -2.42. The van der Waals surface area contributed by atoms with Crippen molar-refractivity contribution in [2.75, 3.05) is 25.0 Å². The van der Waals surface area contributed by atoms with E-state index in [9.17, 15) is 9.59 Å². The average Bonchev–Trinajstić information content (AvgIpc) is 3.21. The number of carbonyl (C=O) groups excluding carboxylic acids is 2. The molecule has 8 nitrogen and oxygen atoms in total. The maximum Gasteiger partial charge on any atom is 0.254 e. The fourth-order valence-corrected chi connectivity index (χ4v) is 4.73. The minimum Gasteiger partial charge on any atom is -0.488 e. The van der Waals surface area contributed by atoms with Gasteiger partial charge in [0.25, 0.3) is 5.91 Å². The predicted molar refractivity (Wildman–Crippen MR) is 119 cm³/mol. The highest BCUT2D eigenvalue weighted by atomic mass is 32.1. The summed E-state index contributed by atoms with van der Waals surface area (Å²) in [5, 5.41) is 5.75. The van der Waals surface area contributed by atoms with E-state index in [-0.39, 0.29) is 29.9 Å². The summed E-state index contributed by atoms with van der Waals surface area (Å²) >= 11 is 1.59. The molecule has 2 amide bonds. The Labute approximate surface area is 183 Å². The van der Waals surface area contributed by atoms with Crippen molar-refractivity contribution in [1.29, 1.82) is 0 Å². The van der Waals surface area contributed by atoms with Gasteiger partial charge < -0.3 is 20.3 Å². The first-order valence-electron chi connectivity index (χ1n) is 10.3. The van der Waals surface area contributed by atoms with E-state index >= 15 is 0 Å². The molecule has 0 bridgehead atoms. The molecule has 1 aliphatic heterocycles. The molecular formula is C22H23N5O3S. The molecule has 0 spiro atoms. The zero-order chi connectivity index (χ0) is 21.4. The van der Waals surface area contributed by atoms with Gasteiger partial charge in [0.2, 0.25) is 5.91 Å². The summed E-state index contributed by atoms with van der Waals surface area (Å²) in [6.07, 6.45) is 3.15. The molecule has 2 aromatic heterocycles. The number of rotatable bonds is 6. The van der Waals surface area contributed by atoms with Crippen molar-refractivity contribution in [3.63, 3.8) is 0 Å². The third-order valence-corrected chi connectivity index (χ3v) is 6.66. The van der Waals surface area contributed by atoms with Crippen LogP contribution < -0.4 is 20.3 Å². The number of pyridine rings is 1. The maximum atomic E-state index is 12.6. The van der Waals surface area contributed by atoms with Crippen LogP contribution in [0.3, 0.4) is 0 Å². The van der Waals surface area contributed by atoms with Gasteiger partial charge in [0.1, 0.15) is 23.2 Å². The first kappa shape index (κ1) is 19.7. The second kappa shape index (κ2) is 8.14. The van der Waals surface area contributed by atoms with Gasteiger partial charge in [0, 0.05) is 32.3 Å². The smallest absolute Gasteiger partial charge is 0.254 e. The van der Waals surface area contributed by atoms with Crippen LogP contribution in [0.5, 0.6) is 5.75 Å². The van der Waals surface area contributed by atoms with Gasteiger partial charge in [-0.1, -0.05) is 6.07 Å². The molecule has 2 N–H and O–H groups in total. The van der Waals surface area contributed by atoms with Gasteiger partial charge in [0.15, 0.2) is 0 Å². The van der Waals surface area contributed by atoms with Crippen molar-refractivity contribution in [2.24, 2.45) is 5.92 Å². The Balaban J connectivity index is 1.10. The molecule has 1 saturated heterocycles. The molecule has 5 rings (SSSR count). The molecule has 1 saturated carbocycles. The van der Waals surface area contributed by atoms with Crippen LogP contribution in [-0.4, -0.2) is 54.1 Å². The minimum absolute atomic E-state index is 0.0232. The van der Waals surface area contributed by atoms with Gasteiger partial charge in [-0.15, -0.1) is 11.3 Å². The van der Waals surface area contributed by atoms with Gasteiger partial charge >= 0.3 is 0 Å². The summed E-state index contributed by atoms with van der Waals surface area (Å²) in [7, 11) is 1.60. The number of carbonyl (C=O) groups is 2. The highest BCUT2D eigenvalue weighted by molar-refractivity contribution is 7.16. The molecular weight excluding hydrogens is 414 g/mol. The monoisotopic (exact) mass is 437 g/mol. The molecule has 9 heteroatoms. The number of thiazole rings is 1. The standard InChI is InChI=1S/C22H23N5O3S/c1-23-22(29)16-4-3-7-24-20(16)27-10-14(11-27)26-21(28)13-8-15(9-13)30-17-5-2-6-18-19(17)25-12-31-18/h2-7,12-15H,8-11H2,1H3,(H,23,29)(H,26,28). The number of anilines is 1. The summed E-state index contributed by atoms with van der Waals surface area (Å²) in [6, 6.07) is 9.50. The number of aromatic nitrogens is 2. The van der Waals surface area contributed by atoms with E-state index in [0.29, 0.717) is 37.3 Å². The van der Waals surface area contributed by atoms with Crippen LogP contribution in [0, 0.1) is 5.92 Å². The summed E-state index contributed by atoms with van der Waals surface area (Å²) in [4.78, 5) is 35.3. The van der Waals surface area contributed by atoms with Crippen LogP contribution in [0.15, 0.2) is 42.0 Å². The fourth-order valence-electron chi connectivity index (χ4n) is 4.03. The van der Waals surface area contributed by atoms with Gasteiger partial charge in [-0.3, -0.25) is 9.59 Å². The molecule has 1 aromatic carbocycles. The van der Waals surface area contributed by atoms with Crippen LogP contribution in [0.1, 0.15) is 23.2 Å². The zero-order valence-corrected chi connectivity index (χ0v) is 17.9. The first-order valence-corrected chi connectivity index (χ1v) is 11.2. The topological polar surface area (TPSA) is 96.5 Å². The average molecular weight is 438 g/mol. The number of nitrogens with one attached hydrogen (secondary N) is 2. The number of nitrogens with zero attached hydrogens (tertiary/aromatic N) is 3. The lowest BCUT2D eigenvalue weighted by Crippen LogP contribution is -2.61. The van der Waals surface area contributed by atoms with Crippen molar-refractivity contribution in [3.05, 3.63) is 47.6 Å². The summed E-state index contributed by atoms with van der Waals surface area (Å²) in [5.74, 6) is 1.33.